The summed E-state index contributed by atoms with van der Waals surface area (Å²) in [5.41, 5.74) is 4.86. The van der Waals surface area contributed by atoms with Gasteiger partial charge in [-0.3, -0.25) is 0 Å². The second-order valence-electron chi connectivity index (χ2n) is 4.74. The van der Waals surface area contributed by atoms with E-state index in [1.807, 2.05) is 19.2 Å². The molecule has 3 nitrogen and oxygen atoms in total. The predicted molar refractivity (Wildman–Crippen MR) is 73.8 cm³/mol. The van der Waals surface area contributed by atoms with Crippen molar-refractivity contribution in [1.82, 2.24) is 9.97 Å². The Bertz CT molecular complexity index is 590. The van der Waals surface area contributed by atoms with Gasteiger partial charge in [0, 0.05) is 23.9 Å². The van der Waals surface area contributed by atoms with E-state index in [0.717, 1.165) is 30.0 Å². The Kier molecular flexibility index (Phi) is 2.74. The van der Waals surface area contributed by atoms with Crippen LogP contribution in [0.3, 0.4) is 0 Å². The van der Waals surface area contributed by atoms with Crippen LogP contribution in [0.25, 0.3) is 11.4 Å². The van der Waals surface area contributed by atoms with Gasteiger partial charge in [0.25, 0.3) is 0 Å². The van der Waals surface area contributed by atoms with Gasteiger partial charge in [0.1, 0.15) is 5.82 Å². The van der Waals surface area contributed by atoms with E-state index in [2.05, 4.69) is 29.4 Å². The van der Waals surface area contributed by atoms with Crippen LogP contribution in [-0.2, 0) is 12.8 Å². The molecule has 0 unspecified atom stereocenters. The van der Waals surface area contributed by atoms with Crippen LogP contribution in [0.4, 0.5) is 5.82 Å². The Hall–Kier alpha value is -1.90. The van der Waals surface area contributed by atoms with Gasteiger partial charge in [-0.1, -0.05) is 24.3 Å². The Morgan fingerprint density at radius 1 is 1.11 bits per heavy atom. The molecule has 0 atom stereocenters. The fourth-order valence-electron chi connectivity index (χ4n) is 2.58. The van der Waals surface area contributed by atoms with Crippen molar-refractivity contribution in [3.8, 4) is 11.4 Å². The molecule has 1 heterocycles. The summed E-state index contributed by atoms with van der Waals surface area (Å²) in [6.07, 6.45) is 3.36. The molecule has 1 aromatic carbocycles. The summed E-state index contributed by atoms with van der Waals surface area (Å²) in [5, 5.41) is 3.21. The van der Waals surface area contributed by atoms with E-state index < -0.39 is 0 Å². The molecule has 0 fully saturated rings. The van der Waals surface area contributed by atoms with E-state index in [4.69, 9.17) is 4.98 Å². The highest BCUT2D eigenvalue weighted by Crippen LogP contribution is 2.29. The van der Waals surface area contributed by atoms with Gasteiger partial charge in [-0.2, -0.15) is 0 Å². The first-order chi connectivity index (χ1) is 8.79. The molecule has 0 aliphatic heterocycles. The lowest BCUT2D eigenvalue weighted by atomic mass is 10.1. The normalized spacial score (nSPS) is 13.4. The van der Waals surface area contributed by atoms with Gasteiger partial charge in [0.2, 0.25) is 0 Å². The maximum atomic E-state index is 4.74. The van der Waals surface area contributed by atoms with Crippen LogP contribution in [0, 0.1) is 6.92 Å². The highest BCUT2D eigenvalue weighted by Gasteiger charge is 2.19. The zero-order valence-electron chi connectivity index (χ0n) is 10.8. The largest absolute Gasteiger partial charge is 0.373 e. The highest BCUT2D eigenvalue weighted by atomic mass is 15.0. The van der Waals surface area contributed by atoms with Gasteiger partial charge in [0.15, 0.2) is 5.82 Å². The Morgan fingerprint density at radius 3 is 2.72 bits per heavy atom. The molecule has 0 amide bonds. The number of aryl methyl sites for hydroxylation is 2. The molecule has 3 heteroatoms. The predicted octanol–water partition coefficient (Wildman–Crippen LogP) is 2.98. The van der Waals surface area contributed by atoms with Crippen molar-refractivity contribution in [2.75, 3.05) is 12.4 Å². The van der Waals surface area contributed by atoms with Gasteiger partial charge in [-0.05, 0) is 31.7 Å². The number of nitrogens with one attached hydrogen (secondary N) is 1. The number of benzene rings is 1. The molecule has 2 aromatic rings. The van der Waals surface area contributed by atoms with Crippen LogP contribution in [0.5, 0.6) is 0 Å². The number of hydrogen-bond donors (Lipinski definition) is 1. The molecule has 92 valence electrons. The summed E-state index contributed by atoms with van der Waals surface area (Å²) < 4.78 is 0. The minimum atomic E-state index is 0.845. The smallest absolute Gasteiger partial charge is 0.162 e. The Labute approximate surface area is 107 Å². The van der Waals surface area contributed by atoms with E-state index in [0.29, 0.717) is 0 Å². The second kappa shape index (κ2) is 4.41. The third-order valence-electron chi connectivity index (χ3n) is 3.56. The lowest BCUT2D eigenvalue weighted by molar-refractivity contribution is 0.900. The van der Waals surface area contributed by atoms with Crippen molar-refractivity contribution in [2.45, 2.75) is 26.2 Å². The molecule has 3 rings (SSSR count). The molecule has 0 radical (unpaired) electrons. The lowest BCUT2D eigenvalue weighted by Gasteiger charge is -2.10. The van der Waals surface area contributed by atoms with Crippen LogP contribution in [0.15, 0.2) is 24.3 Å². The zero-order valence-corrected chi connectivity index (χ0v) is 10.8. The number of fused-ring (bicyclic) bond motifs is 1. The molecule has 0 spiro atoms. The van der Waals surface area contributed by atoms with Crippen molar-refractivity contribution in [3.05, 3.63) is 41.1 Å². The maximum absolute atomic E-state index is 4.74. The second-order valence-corrected chi connectivity index (χ2v) is 4.74. The maximum Gasteiger partial charge on any atom is 0.162 e. The molecule has 1 aromatic heterocycles. The third kappa shape index (κ3) is 1.76. The molecule has 1 aliphatic rings. The Balaban J connectivity index is 2.17. The van der Waals surface area contributed by atoms with Crippen molar-refractivity contribution in [2.24, 2.45) is 0 Å². The first-order valence-electron chi connectivity index (χ1n) is 6.43. The third-order valence-corrected chi connectivity index (χ3v) is 3.56. The minimum absolute atomic E-state index is 0.845. The summed E-state index contributed by atoms with van der Waals surface area (Å²) in [7, 11) is 1.93. The fraction of sp³-hybridized carbons (Fsp3) is 0.333. The van der Waals surface area contributed by atoms with Crippen LogP contribution in [0.1, 0.15) is 23.2 Å². The first kappa shape index (κ1) is 11.2. The standard InChI is InChI=1S/C15H17N3/c1-10-6-3-4-7-11(10)15-17-13-9-5-8-12(13)14(16-2)18-15/h3-4,6-7H,5,8-9H2,1-2H3,(H,16,17,18). The topological polar surface area (TPSA) is 37.8 Å². The number of nitrogens with zero attached hydrogens (tertiary/aromatic N) is 2. The molecule has 0 saturated heterocycles. The number of hydrogen-bond acceptors (Lipinski definition) is 3. The van der Waals surface area contributed by atoms with Gasteiger partial charge in [-0.15, -0.1) is 0 Å². The molecular formula is C15H17N3. The molecular weight excluding hydrogens is 222 g/mol. The lowest BCUT2D eigenvalue weighted by Crippen LogP contribution is -2.03. The molecule has 0 saturated carbocycles. The molecule has 1 aliphatic carbocycles. The minimum Gasteiger partial charge on any atom is -0.373 e. The van der Waals surface area contributed by atoms with E-state index in [9.17, 15) is 0 Å². The van der Waals surface area contributed by atoms with Gasteiger partial charge >= 0.3 is 0 Å². The quantitative estimate of drug-likeness (QED) is 0.875. The Morgan fingerprint density at radius 2 is 1.94 bits per heavy atom. The monoisotopic (exact) mass is 239 g/mol. The summed E-state index contributed by atoms with van der Waals surface area (Å²) in [4.78, 5) is 9.41. The van der Waals surface area contributed by atoms with Crippen molar-refractivity contribution >= 4 is 5.82 Å². The van der Waals surface area contributed by atoms with Gasteiger partial charge in [0.05, 0.1) is 0 Å². The average molecular weight is 239 g/mol. The van der Waals surface area contributed by atoms with E-state index in [1.54, 1.807) is 0 Å². The molecule has 1 N–H and O–H groups in total. The van der Waals surface area contributed by atoms with E-state index in [-0.39, 0.29) is 0 Å². The highest BCUT2D eigenvalue weighted by molar-refractivity contribution is 5.63. The summed E-state index contributed by atoms with van der Waals surface area (Å²) >= 11 is 0. The molecule has 0 bridgehead atoms. The van der Waals surface area contributed by atoms with Crippen LogP contribution in [0.2, 0.25) is 0 Å². The van der Waals surface area contributed by atoms with Gasteiger partial charge in [-0.25, -0.2) is 9.97 Å². The van der Waals surface area contributed by atoms with Crippen LogP contribution in [-0.4, -0.2) is 17.0 Å². The summed E-state index contributed by atoms with van der Waals surface area (Å²) in [6.45, 7) is 2.10. The fourth-order valence-corrected chi connectivity index (χ4v) is 2.58. The van der Waals surface area contributed by atoms with Crippen molar-refractivity contribution in [3.63, 3.8) is 0 Å². The van der Waals surface area contributed by atoms with E-state index in [1.165, 1.54) is 23.2 Å². The van der Waals surface area contributed by atoms with E-state index >= 15 is 0 Å². The van der Waals surface area contributed by atoms with Crippen molar-refractivity contribution < 1.29 is 0 Å². The van der Waals surface area contributed by atoms with Crippen LogP contribution < -0.4 is 5.32 Å². The number of rotatable bonds is 2. The van der Waals surface area contributed by atoms with Crippen molar-refractivity contribution in [1.29, 1.82) is 0 Å². The van der Waals surface area contributed by atoms with Gasteiger partial charge < -0.3 is 5.32 Å². The summed E-state index contributed by atoms with van der Waals surface area (Å²) in [5.74, 6) is 1.84. The number of aromatic nitrogens is 2. The summed E-state index contributed by atoms with van der Waals surface area (Å²) in [6, 6.07) is 8.28. The average Bonchev–Trinajstić information content (AvgIpc) is 2.86. The first-order valence-corrected chi connectivity index (χ1v) is 6.43. The zero-order chi connectivity index (χ0) is 12.5. The molecule has 18 heavy (non-hydrogen) atoms. The van der Waals surface area contributed by atoms with Crippen LogP contribution >= 0.6 is 0 Å². The SMILES string of the molecule is CNc1nc(-c2ccccc2C)nc2c1CCC2. The number of anilines is 1.